The molecule has 0 fully saturated rings. The van der Waals surface area contributed by atoms with Crippen molar-refractivity contribution in [3.05, 3.63) is 192 Å². The molecular formula is C49H36O4. The largest absolute Gasteiger partial charge is 0.461 e. The van der Waals surface area contributed by atoms with E-state index >= 15 is 0 Å². The van der Waals surface area contributed by atoms with Crippen molar-refractivity contribution in [3.63, 3.8) is 0 Å². The molecule has 1 unspecified atom stereocenters. The van der Waals surface area contributed by atoms with Crippen molar-refractivity contribution < 1.29 is 19.4 Å². The van der Waals surface area contributed by atoms with Gasteiger partial charge in [-0.1, -0.05) is 98.1 Å². The van der Waals surface area contributed by atoms with Crippen LogP contribution in [0.5, 0.6) is 11.5 Å². The Kier molecular flexibility index (Phi) is 7.54. The van der Waals surface area contributed by atoms with Crippen LogP contribution in [0.4, 0.5) is 0 Å². The Balaban J connectivity index is 1.33. The minimum atomic E-state index is -1.08. The van der Waals surface area contributed by atoms with Gasteiger partial charge in [-0.3, -0.25) is 0 Å². The van der Waals surface area contributed by atoms with Gasteiger partial charge in [0.2, 0.25) is 6.29 Å². The number of hydrogen-bond donors (Lipinski definition) is 1. The molecule has 4 nitrogen and oxygen atoms in total. The molecular weight excluding hydrogens is 653 g/mol. The van der Waals surface area contributed by atoms with Gasteiger partial charge in [-0.05, 0) is 157 Å². The van der Waals surface area contributed by atoms with Gasteiger partial charge in [0.1, 0.15) is 11.5 Å². The summed E-state index contributed by atoms with van der Waals surface area (Å²) in [6.45, 7) is 10.9. The van der Waals surface area contributed by atoms with Crippen LogP contribution in [0, 0.1) is 0 Å². The van der Waals surface area contributed by atoms with E-state index in [2.05, 4.69) is 128 Å². The van der Waals surface area contributed by atoms with E-state index in [0.717, 1.165) is 32.7 Å². The zero-order valence-corrected chi connectivity index (χ0v) is 29.5. The van der Waals surface area contributed by atoms with Gasteiger partial charge >= 0.3 is 5.97 Å². The minimum absolute atomic E-state index is 0.351. The Bertz CT molecular complexity index is 2760. The molecule has 0 bridgehead atoms. The predicted molar refractivity (Wildman–Crippen MR) is 216 cm³/mol. The highest BCUT2D eigenvalue weighted by atomic mass is 16.6. The summed E-state index contributed by atoms with van der Waals surface area (Å²) in [4.78, 5) is 12.3. The zero-order chi connectivity index (χ0) is 36.4. The first-order chi connectivity index (χ1) is 25.7. The lowest BCUT2D eigenvalue weighted by Gasteiger charge is -2.34. The normalized spacial score (nSPS) is 13.5. The standard InChI is InChI=1S/C49H36O4/c1-29(2)47(50)52-41-19-15-35-21-39(17-13-37(35)23-41)49(40-18-14-38-24-42(20-16-36(38)22-40)53-48(51)30(3)4)45-27-33-11-7-5-9-31(33)25-43(45)44-26-32-10-6-8-12-34(32)28-46(44)49/h5-28,47,50H,1,3H2,2,4H3. The summed E-state index contributed by atoms with van der Waals surface area (Å²) < 4.78 is 11.4. The topological polar surface area (TPSA) is 55.8 Å². The van der Waals surface area contributed by atoms with Crippen LogP contribution >= 0.6 is 0 Å². The molecule has 0 amide bonds. The van der Waals surface area contributed by atoms with E-state index in [0.29, 0.717) is 22.6 Å². The van der Waals surface area contributed by atoms with E-state index in [1.165, 1.54) is 43.8 Å². The fourth-order valence-electron chi connectivity index (χ4n) is 7.96. The summed E-state index contributed by atoms with van der Waals surface area (Å²) in [5, 5.41) is 19.1. The van der Waals surface area contributed by atoms with Crippen molar-refractivity contribution in [2.45, 2.75) is 25.6 Å². The molecule has 1 aliphatic carbocycles. The maximum absolute atomic E-state index is 12.3. The third kappa shape index (κ3) is 5.30. The molecule has 0 spiro atoms. The van der Waals surface area contributed by atoms with E-state index in [1.807, 2.05) is 30.3 Å². The number of rotatable bonds is 7. The molecule has 0 saturated carbocycles. The minimum Gasteiger partial charge on any atom is -0.461 e. The molecule has 8 aromatic rings. The molecule has 0 aliphatic heterocycles. The second kappa shape index (κ2) is 12.3. The van der Waals surface area contributed by atoms with Crippen LogP contribution in [-0.2, 0) is 10.2 Å². The number of hydrogen-bond acceptors (Lipinski definition) is 4. The Morgan fingerprint density at radius 1 is 0.547 bits per heavy atom. The molecule has 8 aromatic carbocycles. The Morgan fingerprint density at radius 3 is 1.45 bits per heavy atom. The summed E-state index contributed by atoms with van der Waals surface area (Å²) in [5.74, 6) is 0.615. The van der Waals surface area contributed by atoms with Gasteiger partial charge in [0, 0.05) is 5.57 Å². The van der Waals surface area contributed by atoms with E-state index in [4.69, 9.17) is 9.47 Å². The first-order valence-corrected chi connectivity index (χ1v) is 17.7. The predicted octanol–water partition coefficient (Wildman–Crippen LogP) is 11.4. The molecule has 1 atom stereocenters. The summed E-state index contributed by atoms with van der Waals surface area (Å²) in [7, 11) is 0. The van der Waals surface area contributed by atoms with Crippen molar-refractivity contribution in [2.24, 2.45) is 0 Å². The molecule has 1 aliphatic rings. The molecule has 0 heterocycles. The third-order valence-corrected chi connectivity index (χ3v) is 10.6. The molecule has 9 rings (SSSR count). The van der Waals surface area contributed by atoms with E-state index < -0.39 is 17.7 Å². The van der Waals surface area contributed by atoms with Crippen molar-refractivity contribution in [1.82, 2.24) is 0 Å². The van der Waals surface area contributed by atoms with Gasteiger partial charge < -0.3 is 14.6 Å². The number of aliphatic hydroxyl groups excluding tert-OH is 1. The smallest absolute Gasteiger partial charge is 0.338 e. The number of benzene rings is 8. The molecule has 0 radical (unpaired) electrons. The number of carbonyl (C=O) groups is 1. The summed E-state index contributed by atoms with van der Waals surface area (Å²) in [6.07, 6.45) is -1.08. The number of aliphatic hydroxyl groups is 1. The third-order valence-electron chi connectivity index (χ3n) is 10.6. The van der Waals surface area contributed by atoms with Crippen molar-refractivity contribution in [3.8, 4) is 22.6 Å². The molecule has 1 N–H and O–H groups in total. The summed E-state index contributed by atoms with van der Waals surface area (Å²) in [5.41, 5.74) is 7.34. The lowest BCUT2D eigenvalue weighted by Crippen LogP contribution is -2.28. The number of carbonyl (C=O) groups excluding carboxylic acids is 1. The van der Waals surface area contributed by atoms with E-state index in [9.17, 15) is 9.90 Å². The maximum Gasteiger partial charge on any atom is 0.338 e. The van der Waals surface area contributed by atoms with Crippen LogP contribution in [0.25, 0.3) is 54.2 Å². The molecule has 53 heavy (non-hydrogen) atoms. The quantitative estimate of drug-likeness (QED) is 0.0595. The van der Waals surface area contributed by atoms with Gasteiger partial charge in [-0.15, -0.1) is 0 Å². The first kappa shape index (κ1) is 32.4. The average Bonchev–Trinajstić information content (AvgIpc) is 3.44. The molecule has 0 saturated heterocycles. The number of fused-ring (bicyclic) bond motifs is 7. The lowest BCUT2D eigenvalue weighted by atomic mass is 9.66. The van der Waals surface area contributed by atoms with Crippen LogP contribution in [0.1, 0.15) is 36.1 Å². The molecule has 256 valence electrons. The molecule has 0 aromatic heterocycles. The van der Waals surface area contributed by atoms with Crippen LogP contribution in [0.2, 0.25) is 0 Å². The lowest BCUT2D eigenvalue weighted by molar-refractivity contribution is -0.130. The second-order valence-electron chi connectivity index (χ2n) is 14.2. The molecule has 4 heteroatoms. The average molecular weight is 689 g/mol. The summed E-state index contributed by atoms with van der Waals surface area (Å²) in [6, 6.07) is 51.6. The number of esters is 1. The zero-order valence-electron chi connectivity index (χ0n) is 29.5. The van der Waals surface area contributed by atoms with E-state index in [1.54, 1.807) is 13.8 Å². The Morgan fingerprint density at radius 2 is 0.962 bits per heavy atom. The maximum atomic E-state index is 12.3. The van der Waals surface area contributed by atoms with Gasteiger partial charge in [-0.2, -0.15) is 0 Å². The highest BCUT2D eigenvalue weighted by Gasteiger charge is 2.46. The highest BCUT2D eigenvalue weighted by molar-refractivity contribution is 6.01. The van der Waals surface area contributed by atoms with Crippen LogP contribution in [-0.4, -0.2) is 17.4 Å². The van der Waals surface area contributed by atoms with Crippen LogP contribution in [0.15, 0.2) is 170 Å². The SMILES string of the molecule is C=C(C)C(=O)Oc1ccc2cc(C3(c4ccc5cc(OC(O)C(=C)C)ccc5c4)c4cc5ccccc5cc4-c4cc5ccccc5cc43)ccc2c1. The van der Waals surface area contributed by atoms with E-state index in [-0.39, 0.29) is 0 Å². The van der Waals surface area contributed by atoms with Gasteiger partial charge in [-0.25, -0.2) is 4.79 Å². The monoisotopic (exact) mass is 688 g/mol. The fourth-order valence-corrected chi connectivity index (χ4v) is 7.96. The fraction of sp³-hybridized carbons (Fsp3) is 0.0816. The Hall–Kier alpha value is -6.49. The highest BCUT2D eigenvalue weighted by Crippen LogP contribution is 2.58. The van der Waals surface area contributed by atoms with Crippen LogP contribution < -0.4 is 9.47 Å². The van der Waals surface area contributed by atoms with Crippen molar-refractivity contribution >= 4 is 49.1 Å². The second-order valence-corrected chi connectivity index (χ2v) is 14.2. The number of ether oxygens (including phenoxy) is 2. The first-order valence-electron chi connectivity index (χ1n) is 17.7. The van der Waals surface area contributed by atoms with Gasteiger partial charge in [0.15, 0.2) is 0 Å². The van der Waals surface area contributed by atoms with Crippen molar-refractivity contribution in [2.75, 3.05) is 0 Å². The van der Waals surface area contributed by atoms with Crippen LogP contribution in [0.3, 0.4) is 0 Å². The van der Waals surface area contributed by atoms with Crippen molar-refractivity contribution in [1.29, 1.82) is 0 Å². The summed E-state index contributed by atoms with van der Waals surface area (Å²) >= 11 is 0. The Labute approximate surface area is 307 Å². The van der Waals surface area contributed by atoms with Gasteiger partial charge in [0.25, 0.3) is 0 Å². The van der Waals surface area contributed by atoms with Gasteiger partial charge in [0.05, 0.1) is 5.41 Å².